The Hall–Kier alpha value is -0.520. The third-order valence-corrected chi connectivity index (χ3v) is 1.29. The standard InChI is InChI=1S/C10H18/c1-4-5-6-7-8-9-10(2)3/h5-6,9H,4,7-8H2,1-3H3/b6-5+. The minimum absolute atomic E-state index is 1.16. The summed E-state index contributed by atoms with van der Waals surface area (Å²) in [6.45, 7) is 6.45. The fraction of sp³-hybridized carbons (Fsp3) is 0.600. The molecule has 0 nitrogen and oxygen atoms in total. The molecule has 0 aliphatic rings. The highest BCUT2D eigenvalue weighted by Gasteiger charge is 1.77. The van der Waals surface area contributed by atoms with E-state index in [1.54, 1.807) is 0 Å². The average Bonchev–Trinajstić information content (AvgIpc) is 1.87. The molecule has 10 heavy (non-hydrogen) atoms. The molecule has 0 aromatic carbocycles. The SMILES string of the molecule is CC/C=C/CCC=C(C)C. The van der Waals surface area contributed by atoms with E-state index in [1.165, 1.54) is 18.4 Å². The Morgan fingerprint density at radius 1 is 1.10 bits per heavy atom. The van der Waals surface area contributed by atoms with Crippen LogP contribution in [0.4, 0.5) is 0 Å². The van der Waals surface area contributed by atoms with Crippen LogP contribution in [-0.4, -0.2) is 0 Å². The van der Waals surface area contributed by atoms with Gasteiger partial charge in [0.15, 0.2) is 0 Å². The van der Waals surface area contributed by atoms with Gasteiger partial charge in [-0.15, -0.1) is 0 Å². The van der Waals surface area contributed by atoms with Crippen molar-refractivity contribution < 1.29 is 0 Å². The van der Waals surface area contributed by atoms with Crippen molar-refractivity contribution >= 4 is 0 Å². The third kappa shape index (κ3) is 7.48. The predicted octanol–water partition coefficient (Wildman–Crippen LogP) is 3.70. The van der Waals surface area contributed by atoms with E-state index in [-0.39, 0.29) is 0 Å². The van der Waals surface area contributed by atoms with Crippen LogP contribution in [0.25, 0.3) is 0 Å². The van der Waals surface area contributed by atoms with Gasteiger partial charge in [-0.25, -0.2) is 0 Å². The summed E-state index contributed by atoms with van der Waals surface area (Å²) in [5.41, 5.74) is 1.42. The lowest BCUT2D eigenvalue weighted by molar-refractivity contribution is 1.02. The summed E-state index contributed by atoms with van der Waals surface area (Å²) in [6.07, 6.45) is 10.3. The molecule has 0 bridgehead atoms. The van der Waals surface area contributed by atoms with E-state index in [0.717, 1.165) is 6.42 Å². The van der Waals surface area contributed by atoms with Crippen molar-refractivity contribution in [3.63, 3.8) is 0 Å². The van der Waals surface area contributed by atoms with E-state index in [0.29, 0.717) is 0 Å². The number of allylic oxidation sites excluding steroid dienone is 4. The second kappa shape index (κ2) is 6.60. The van der Waals surface area contributed by atoms with E-state index < -0.39 is 0 Å². The van der Waals surface area contributed by atoms with Crippen LogP contribution >= 0.6 is 0 Å². The smallest absolute Gasteiger partial charge is 0.0314 e. The van der Waals surface area contributed by atoms with Crippen LogP contribution in [0.1, 0.15) is 40.0 Å². The van der Waals surface area contributed by atoms with Gasteiger partial charge in [-0.2, -0.15) is 0 Å². The summed E-state index contributed by atoms with van der Waals surface area (Å²) in [4.78, 5) is 0. The molecule has 0 unspecified atom stereocenters. The fourth-order valence-corrected chi connectivity index (χ4v) is 0.753. The second-order valence-electron chi connectivity index (χ2n) is 2.74. The highest BCUT2D eigenvalue weighted by molar-refractivity contribution is 4.94. The zero-order chi connectivity index (χ0) is 7.82. The topological polar surface area (TPSA) is 0 Å². The maximum atomic E-state index is 2.28. The molecule has 0 rings (SSSR count). The highest BCUT2D eigenvalue weighted by Crippen LogP contribution is 1.98. The van der Waals surface area contributed by atoms with E-state index >= 15 is 0 Å². The lowest BCUT2D eigenvalue weighted by Crippen LogP contribution is -1.67. The molecule has 0 saturated carbocycles. The molecule has 0 atom stereocenters. The summed E-state index contributed by atoms with van der Waals surface area (Å²) in [7, 11) is 0. The molecule has 0 aliphatic heterocycles. The largest absolute Gasteiger partial charge is 0.0888 e. The quantitative estimate of drug-likeness (QED) is 0.410. The van der Waals surface area contributed by atoms with E-state index in [2.05, 4.69) is 39.0 Å². The Balaban J connectivity index is 3.21. The number of hydrogen-bond donors (Lipinski definition) is 0. The van der Waals surface area contributed by atoms with Gasteiger partial charge in [0.2, 0.25) is 0 Å². The van der Waals surface area contributed by atoms with Crippen molar-refractivity contribution in [2.45, 2.75) is 40.0 Å². The van der Waals surface area contributed by atoms with Gasteiger partial charge in [-0.05, 0) is 33.1 Å². The molecule has 0 heterocycles. The molecular formula is C10H18. The van der Waals surface area contributed by atoms with Gasteiger partial charge in [0.1, 0.15) is 0 Å². The summed E-state index contributed by atoms with van der Waals surface area (Å²) in [5.74, 6) is 0. The molecule has 0 aromatic rings. The second-order valence-corrected chi connectivity index (χ2v) is 2.74. The Bertz CT molecular complexity index is 114. The van der Waals surface area contributed by atoms with E-state index in [9.17, 15) is 0 Å². The van der Waals surface area contributed by atoms with Gasteiger partial charge < -0.3 is 0 Å². The molecule has 58 valence electrons. The number of rotatable bonds is 4. The first kappa shape index (κ1) is 9.48. The fourth-order valence-electron chi connectivity index (χ4n) is 0.753. The van der Waals surface area contributed by atoms with E-state index in [4.69, 9.17) is 0 Å². The van der Waals surface area contributed by atoms with Crippen LogP contribution in [0.15, 0.2) is 23.8 Å². The third-order valence-electron chi connectivity index (χ3n) is 1.29. The first-order valence-electron chi connectivity index (χ1n) is 4.05. The van der Waals surface area contributed by atoms with Gasteiger partial charge in [0.05, 0.1) is 0 Å². The molecule has 0 saturated heterocycles. The number of hydrogen-bond acceptors (Lipinski definition) is 0. The summed E-state index contributed by atoms with van der Waals surface area (Å²) in [5, 5.41) is 0. The van der Waals surface area contributed by atoms with E-state index in [1.807, 2.05) is 0 Å². The number of unbranched alkanes of at least 4 members (excludes halogenated alkanes) is 1. The van der Waals surface area contributed by atoms with Gasteiger partial charge >= 0.3 is 0 Å². The van der Waals surface area contributed by atoms with Crippen LogP contribution in [0.2, 0.25) is 0 Å². The van der Waals surface area contributed by atoms with Gasteiger partial charge in [-0.3, -0.25) is 0 Å². The van der Waals surface area contributed by atoms with Gasteiger partial charge in [0.25, 0.3) is 0 Å². The van der Waals surface area contributed by atoms with Crippen molar-refractivity contribution in [1.29, 1.82) is 0 Å². The van der Waals surface area contributed by atoms with Crippen LogP contribution in [0, 0.1) is 0 Å². The summed E-state index contributed by atoms with van der Waals surface area (Å²) >= 11 is 0. The molecule has 0 radical (unpaired) electrons. The molecule has 0 aliphatic carbocycles. The van der Waals surface area contributed by atoms with Crippen molar-refractivity contribution in [2.75, 3.05) is 0 Å². The van der Waals surface area contributed by atoms with Crippen LogP contribution in [-0.2, 0) is 0 Å². The van der Waals surface area contributed by atoms with Crippen molar-refractivity contribution in [3.8, 4) is 0 Å². The lowest BCUT2D eigenvalue weighted by atomic mass is 10.2. The molecule has 0 amide bonds. The molecule has 0 spiro atoms. The highest BCUT2D eigenvalue weighted by atomic mass is 13.8. The Labute approximate surface area is 64.6 Å². The summed E-state index contributed by atoms with van der Waals surface area (Å²) in [6, 6.07) is 0. The first-order valence-corrected chi connectivity index (χ1v) is 4.05. The normalized spacial score (nSPS) is 10.3. The first-order chi connectivity index (χ1) is 4.77. The van der Waals surface area contributed by atoms with Crippen molar-refractivity contribution in [2.24, 2.45) is 0 Å². The van der Waals surface area contributed by atoms with Crippen LogP contribution in [0.3, 0.4) is 0 Å². The average molecular weight is 138 g/mol. The maximum absolute atomic E-state index is 2.28. The van der Waals surface area contributed by atoms with Crippen molar-refractivity contribution in [3.05, 3.63) is 23.8 Å². The summed E-state index contributed by atoms with van der Waals surface area (Å²) < 4.78 is 0. The van der Waals surface area contributed by atoms with Gasteiger partial charge in [-0.1, -0.05) is 30.7 Å². The Morgan fingerprint density at radius 2 is 1.80 bits per heavy atom. The Kier molecular flexibility index (Phi) is 6.25. The zero-order valence-corrected chi connectivity index (χ0v) is 7.35. The Morgan fingerprint density at radius 3 is 2.30 bits per heavy atom. The zero-order valence-electron chi connectivity index (χ0n) is 7.35. The monoisotopic (exact) mass is 138 g/mol. The van der Waals surface area contributed by atoms with Crippen LogP contribution in [0.5, 0.6) is 0 Å². The minimum atomic E-state index is 1.16. The van der Waals surface area contributed by atoms with Crippen molar-refractivity contribution in [1.82, 2.24) is 0 Å². The maximum Gasteiger partial charge on any atom is -0.0314 e. The molecule has 0 aromatic heterocycles. The molecule has 0 N–H and O–H groups in total. The molecule has 0 fully saturated rings. The molecular weight excluding hydrogens is 120 g/mol. The molecule has 0 heteroatoms. The minimum Gasteiger partial charge on any atom is -0.0888 e. The van der Waals surface area contributed by atoms with Crippen LogP contribution < -0.4 is 0 Å². The van der Waals surface area contributed by atoms with Gasteiger partial charge in [0, 0.05) is 0 Å². The lowest BCUT2D eigenvalue weighted by Gasteiger charge is -1.88. The predicted molar refractivity (Wildman–Crippen MR) is 48.1 cm³/mol.